The summed E-state index contributed by atoms with van der Waals surface area (Å²) in [6, 6.07) is 26.0. The molecule has 1 amide bonds. The molecule has 5 aromatic rings. The molecule has 0 aliphatic carbocycles. The first-order valence-electron chi connectivity index (χ1n) is 11.1. The summed E-state index contributed by atoms with van der Waals surface area (Å²) in [5, 5.41) is 5.95. The number of rotatable bonds is 0. The van der Waals surface area contributed by atoms with Crippen LogP contribution in [0.25, 0.3) is 21.5 Å². The molecule has 7 rings (SSSR count). The van der Waals surface area contributed by atoms with Gasteiger partial charge in [-0.1, -0.05) is 78.9 Å². The zero-order chi connectivity index (χ0) is 23.9. The van der Waals surface area contributed by atoms with Crippen LogP contribution in [0.3, 0.4) is 0 Å². The van der Waals surface area contributed by atoms with Gasteiger partial charge in [-0.2, -0.15) is 13.2 Å². The van der Waals surface area contributed by atoms with Crippen molar-refractivity contribution in [2.45, 2.75) is 11.6 Å². The van der Waals surface area contributed by atoms with Gasteiger partial charge in [0, 0.05) is 33.2 Å². The van der Waals surface area contributed by atoms with Crippen molar-refractivity contribution in [1.29, 1.82) is 0 Å². The van der Waals surface area contributed by atoms with E-state index in [4.69, 9.17) is 4.74 Å². The summed E-state index contributed by atoms with van der Waals surface area (Å²) >= 11 is 0. The molecule has 0 radical (unpaired) electrons. The largest absolute Gasteiger partial charge is 0.455 e. The number of carbonyl (C=O) groups is 1. The number of alkyl halides is 3. The average molecular weight is 467 g/mol. The Morgan fingerprint density at radius 2 is 1.26 bits per heavy atom. The molecule has 5 aromatic carbocycles. The lowest BCUT2D eigenvalue weighted by atomic mass is 9.66. The van der Waals surface area contributed by atoms with E-state index < -0.39 is 23.1 Å². The number of fused-ring (bicyclic) bond motifs is 10. The molecule has 35 heavy (non-hydrogen) atoms. The molecule has 0 unspecified atom stereocenters. The van der Waals surface area contributed by atoms with Gasteiger partial charge in [0.2, 0.25) is 5.91 Å². The maximum absolute atomic E-state index is 14.4. The summed E-state index contributed by atoms with van der Waals surface area (Å²) in [6.45, 7) is 0. The number of hydrogen-bond donors (Lipinski definition) is 1. The maximum Gasteiger partial charge on any atom is 0.416 e. The van der Waals surface area contributed by atoms with Crippen LogP contribution >= 0.6 is 0 Å². The molecule has 2 aliphatic rings. The molecule has 1 N–H and O–H groups in total. The number of halogens is 3. The third kappa shape index (κ3) is 2.48. The smallest absolute Gasteiger partial charge is 0.416 e. The highest BCUT2D eigenvalue weighted by Gasteiger charge is 2.58. The van der Waals surface area contributed by atoms with E-state index in [2.05, 4.69) is 5.32 Å². The first kappa shape index (κ1) is 20.1. The standard InChI is InChI=1S/C29H16F3NO2/c30-29(31,32)20-10-5-11-23-24(20)28(27(34)33-23)21-14-12-16-6-1-3-8-18(16)25(21)35-26-19-9-4-2-7-17(19)13-15-22(26)28/h1-15H,(H,33,34). The van der Waals surface area contributed by atoms with E-state index in [1.807, 2.05) is 60.7 Å². The molecule has 0 saturated heterocycles. The minimum atomic E-state index is -4.66. The van der Waals surface area contributed by atoms with Gasteiger partial charge in [0.1, 0.15) is 16.9 Å². The Morgan fingerprint density at radius 3 is 1.83 bits per heavy atom. The van der Waals surface area contributed by atoms with Crippen molar-refractivity contribution >= 4 is 33.1 Å². The highest BCUT2D eigenvalue weighted by Crippen LogP contribution is 2.60. The number of benzene rings is 5. The van der Waals surface area contributed by atoms with Crippen LogP contribution in [0, 0.1) is 0 Å². The van der Waals surface area contributed by atoms with E-state index >= 15 is 0 Å². The SMILES string of the molecule is O=C1Nc2cccc(C(F)(F)F)c2C12c1ccc3ccccc3c1Oc1c2ccc2ccccc12. The van der Waals surface area contributed by atoms with Gasteiger partial charge in [-0.3, -0.25) is 4.79 Å². The fourth-order valence-electron chi connectivity index (χ4n) is 5.68. The van der Waals surface area contributed by atoms with Gasteiger partial charge in [0.05, 0.1) is 5.56 Å². The summed E-state index contributed by atoms with van der Waals surface area (Å²) in [7, 11) is 0. The molecule has 0 saturated carbocycles. The quantitative estimate of drug-likeness (QED) is 0.258. The van der Waals surface area contributed by atoms with Gasteiger partial charge in [-0.05, 0) is 22.9 Å². The lowest BCUT2D eigenvalue weighted by Gasteiger charge is -2.38. The zero-order valence-corrected chi connectivity index (χ0v) is 18.1. The van der Waals surface area contributed by atoms with Gasteiger partial charge in [-0.25, -0.2) is 0 Å². The highest BCUT2D eigenvalue weighted by atomic mass is 19.4. The van der Waals surface area contributed by atoms with Crippen molar-refractivity contribution in [3.8, 4) is 11.5 Å². The van der Waals surface area contributed by atoms with Crippen molar-refractivity contribution in [1.82, 2.24) is 0 Å². The Hall–Kier alpha value is -4.32. The zero-order valence-electron chi connectivity index (χ0n) is 18.1. The maximum atomic E-state index is 14.4. The number of amides is 1. The summed E-state index contributed by atoms with van der Waals surface area (Å²) < 4.78 is 49.7. The normalized spacial score (nSPS) is 15.5. The Kier molecular flexibility index (Phi) is 3.81. The Morgan fingerprint density at radius 1 is 0.686 bits per heavy atom. The van der Waals surface area contributed by atoms with Crippen LogP contribution in [-0.4, -0.2) is 5.91 Å². The van der Waals surface area contributed by atoms with Crippen LogP contribution in [0.5, 0.6) is 11.5 Å². The minimum absolute atomic E-state index is 0.0890. The molecule has 0 atom stereocenters. The van der Waals surface area contributed by atoms with Crippen LogP contribution in [0.15, 0.2) is 91.0 Å². The first-order valence-corrected chi connectivity index (χ1v) is 11.1. The van der Waals surface area contributed by atoms with Gasteiger partial charge in [-0.15, -0.1) is 0 Å². The van der Waals surface area contributed by atoms with Crippen molar-refractivity contribution in [2.24, 2.45) is 0 Å². The Labute approximate surface area is 197 Å². The first-order chi connectivity index (χ1) is 16.9. The number of ether oxygens (including phenoxy) is 1. The lowest BCUT2D eigenvalue weighted by Crippen LogP contribution is -2.40. The molecule has 170 valence electrons. The van der Waals surface area contributed by atoms with Crippen LogP contribution < -0.4 is 10.1 Å². The fourth-order valence-corrected chi connectivity index (χ4v) is 5.68. The summed E-state index contributed by atoms with van der Waals surface area (Å²) in [5.74, 6) is 0.263. The summed E-state index contributed by atoms with van der Waals surface area (Å²) in [6.07, 6.45) is -4.66. The molecule has 2 aliphatic heterocycles. The average Bonchev–Trinajstić information content (AvgIpc) is 3.15. The van der Waals surface area contributed by atoms with Crippen molar-refractivity contribution < 1.29 is 22.7 Å². The second-order valence-electron chi connectivity index (χ2n) is 8.86. The van der Waals surface area contributed by atoms with Gasteiger partial charge in [0.25, 0.3) is 0 Å². The molecular formula is C29H16F3NO2. The predicted octanol–water partition coefficient (Wildman–Crippen LogP) is 7.40. The predicted molar refractivity (Wildman–Crippen MR) is 128 cm³/mol. The number of carbonyl (C=O) groups excluding carboxylic acids is 1. The van der Waals surface area contributed by atoms with Gasteiger partial charge < -0.3 is 10.1 Å². The molecule has 0 bridgehead atoms. The van der Waals surface area contributed by atoms with E-state index in [1.54, 1.807) is 12.1 Å². The molecule has 1 spiro atoms. The van der Waals surface area contributed by atoms with Crippen molar-refractivity contribution in [2.75, 3.05) is 5.32 Å². The van der Waals surface area contributed by atoms with E-state index in [1.165, 1.54) is 12.1 Å². The second kappa shape index (κ2) is 6.63. The van der Waals surface area contributed by atoms with Crippen LogP contribution in [0.4, 0.5) is 18.9 Å². The summed E-state index contributed by atoms with van der Waals surface area (Å²) in [5.41, 5.74) is -1.70. The second-order valence-corrected chi connectivity index (χ2v) is 8.86. The number of nitrogens with one attached hydrogen (secondary N) is 1. The Balaban J connectivity index is 1.71. The third-order valence-electron chi connectivity index (χ3n) is 7.10. The minimum Gasteiger partial charge on any atom is -0.455 e. The number of anilines is 1. The van der Waals surface area contributed by atoms with E-state index in [9.17, 15) is 18.0 Å². The lowest BCUT2D eigenvalue weighted by molar-refractivity contribution is -0.138. The third-order valence-corrected chi connectivity index (χ3v) is 7.10. The fraction of sp³-hybridized carbons (Fsp3) is 0.0690. The molecule has 0 fully saturated rings. The van der Waals surface area contributed by atoms with Gasteiger partial charge in [0.15, 0.2) is 0 Å². The molecule has 2 heterocycles. The topological polar surface area (TPSA) is 38.3 Å². The van der Waals surface area contributed by atoms with E-state index in [0.29, 0.717) is 22.6 Å². The monoisotopic (exact) mass is 467 g/mol. The summed E-state index contributed by atoms with van der Waals surface area (Å²) in [4.78, 5) is 14.0. The van der Waals surface area contributed by atoms with Crippen LogP contribution in [0.2, 0.25) is 0 Å². The highest BCUT2D eigenvalue weighted by molar-refractivity contribution is 6.15. The van der Waals surface area contributed by atoms with Crippen molar-refractivity contribution in [3.63, 3.8) is 0 Å². The molecular weight excluding hydrogens is 451 g/mol. The van der Waals surface area contributed by atoms with E-state index in [0.717, 1.165) is 27.6 Å². The van der Waals surface area contributed by atoms with Crippen LogP contribution in [0.1, 0.15) is 22.3 Å². The molecule has 0 aromatic heterocycles. The molecule has 3 nitrogen and oxygen atoms in total. The van der Waals surface area contributed by atoms with Gasteiger partial charge >= 0.3 is 6.18 Å². The van der Waals surface area contributed by atoms with Crippen molar-refractivity contribution in [3.05, 3.63) is 113 Å². The van der Waals surface area contributed by atoms with E-state index in [-0.39, 0.29) is 11.3 Å². The van der Waals surface area contributed by atoms with Crippen LogP contribution in [-0.2, 0) is 16.4 Å². The Bertz CT molecular complexity index is 1640. The molecule has 6 heteroatoms. The number of hydrogen-bond acceptors (Lipinski definition) is 2.